The van der Waals surface area contributed by atoms with E-state index in [1.165, 1.54) is 7.11 Å². The monoisotopic (exact) mass is 157 g/mol. The molecule has 0 aliphatic rings. The van der Waals surface area contributed by atoms with Crippen LogP contribution in [0.2, 0.25) is 0 Å². The molecule has 0 aromatic heterocycles. The fourth-order valence-corrected chi connectivity index (χ4v) is 1.14. The number of hydrogen-bond acceptors (Lipinski definition) is 2. The van der Waals surface area contributed by atoms with Crippen molar-refractivity contribution in [2.24, 2.45) is 5.92 Å². The summed E-state index contributed by atoms with van der Waals surface area (Å²) in [5.41, 5.74) is 0. The summed E-state index contributed by atoms with van der Waals surface area (Å²) in [7, 11) is 1.44. The average molecular weight is 157 g/mol. The molecular weight excluding hydrogens is 140 g/mol. The Kier molecular flexibility index (Phi) is 5.90. The number of esters is 1. The van der Waals surface area contributed by atoms with Crippen molar-refractivity contribution in [2.45, 2.75) is 32.6 Å². The van der Waals surface area contributed by atoms with Gasteiger partial charge in [0.05, 0.1) is 13.0 Å². The van der Waals surface area contributed by atoms with Gasteiger partial charge in [-0.1, -0.05) is 26.7 Å². The van der Waals surface area contributed by atoms with E-state index >= 15 is 0 Å². The van der Waals surface area contributed by atoms with Crippen molar-refractivity contribution in [1.29, 1.82) is 0 Å². The van der Waals surface area contributed by atoms with Gasteiger partial charge in [0.15, 0.2) is 0 Å². The van der Waals surface area contributed by atoms with E-state index in [0.717, 1.165) is 25.7 Å². The average Bonchev–Trinajstić information content (AvgIpc) is 2.03. The highest BCUT2D eigenvalue weighted by Crippen LogP contribution is 2.14. The Balaban J connectivity index is 3.76. The summed E-state index contributed by atoms with van der Waals surface area (Å²) < 4.78 is 4.65. The second-order valence-corrected chi connectivity index (χ2v) is 2.65. The lowest BCUT2D eigenvalue weighted by Gasteiger charge is -2.11. The molecule has 0 saturated heterocycles. The fraction of sp³-hybridized carbons (Fsp3) is 0.778. The van der Waals surface area contributed by atoms with Crippen LogP contribution in [0.15, 0.2) is 0 Å². The fourth-order valence-electron chi connectivity index (χ4n) is 1.14. The second-order valence-electron chi connectivity index (χ2n) is 2.65. The predicted octanol–water partition coefficient (Wildman–Crippen LogP) is 2.19. The van der Waals surface area contributed by atoms with E-state index in [0.29, 0.717) is 0 Å². The standard InChI is InChI=1S/C9H17O2/c1-4-6-8(7-5-2)9(10)11-3/h8H,1,4-7H2,2-3H3. The van der Waals surface area contributed by atoms with Crippen molar-refractivity contribution in [3.63, 3.8) is 0 Å². The molecule has 0 fully saturated rings. The molecule has 65 valence electrons. The zero-order chi connectivity index (χ0) is 8.69. The van der Waals surface area contributed by atoms with E-state index in [9.17, 15) is 4.79 Å². The molecule has 2 nitrogen and oxygen atoms in total. The molecule has 2 heteroatoms. The summed E-state index contributed by atoms with van der Waals surface area (Å²) in [6, 6.07) is 0. The molecule has 0 saturated carbocycles. The first-order chi connectivity index (χ1) is 5.26. The summed E-state index contributed by atoms with van der Waals surface area (Å²) in [5.74, 6) is -0.0157. The second kappa shape index (κ2) is 6.20. The minimum Gasteiger partial charge on any atom is -0.469 e. The van der Waals surface area contributed by atoms with Gasteiger partial charge in [-0.15, -0.1) is 0 Å². The third-order valence-electron chi connectivity index (χ3n) is 1.72. The summed E-state index contributed by atoms with van der Waals surface area (Å²) >= 11 is 0. The van der Waals surface area contributed by atoms with Crippen LogP contribution >= 0.6 is 0 Å². The molecule has 0 aromatic rings. The zero-order valence-corrected chi connectivity index (χ0v) is 7.43. The van der Waals surface area contributed by atoms with Gasteiger partial charge in [-0.25, -0.2) is 0 Å². The van der Waals surface area contributed by atoms with Gasteiger partial charge >= 0.3 is 5.97 Å². The molecule has 1 atom stereocenters. The number of ether oxygens (including phenoxy) is 1. The van der Waals surface area contributed by atoms with E-state index in [-0.39, 0.29) is 11.9 Å². The third-order valence-corrected chi connectivity index (χ3v) is 1.72. The third kappa shape index (κ3) is 4.02. The van der Waals surface area contributed by atoms with Crippen LogP contribution in [0.4, 0.5) is 0 Å². The highest BCUT2D eigenvalue weighted by atomic mass is 16.5. The molecule has 1 unspecified atom stereocenters. The normalized spacial score (nSPS) is 10.2. The van der Waals surface area contributed by atoms with Crippen LogP contribution in [-0.2, 0) is 9.53 Å². The summed E-state index contributed by atoms with van der Waals surface area (Å²) in [4.78, 5) is 11.0. The van der Waals surface area contributed by atoms with Crippen LogP contribution < -0.4 is 0 Å². The Bertz CT molecular complexity index is 104. The smallest absolute Gasteiger partial charge is 0.308 e. The van der Waals surface area contributed by atoms with Gasteiger partial charge in [0.25, 0.3) is 0 Å². The number of hydrogen-bond donors (Lipinski definition) is 0. The van der Waals surface area contributed by atoms with Crippen molar-refractivity contribution in [3.8, 4) is 0 Å². The van der Waals surface area contributed by atoms with Crippen molar-refractivity contribution in [2.75, 3.05) is 7.11 Å². The van der Waals surface area contributed by atoms with Crippen LogP contribution in [0.3, 0.4) is 0 Å². The Morgan fingerprint density at radius 3 is 2.55 bits per heavy atom. The summed E-state index contributed by atoms with van der Waals surface area (Å²) in [6.45, 7) is 5.79. The predicted molar refractivity (Wildman–Crippen MR) is 45.0 cm³/mol. The molecule has 0 aromatic carbocycles. The van der Waals surface area contributed by atoms with Gasteiger partial charge in [-0.3, -0.25) is 4.79 Å². The largest absolute Gasteiger partial charge is 0.469 e. The summed E-state index contributed by atoms with van der Waals surface area (Å²) in [6.07, 6.45) is 3.60. The van der Waals surface area contributed by atoms with Gasteiger partial charge < -0.3 is 4.74 Å². The van der Waals surface area contributed by atoms with E-state index in [1.54, 1.807) is 0 Å². The Labute approximate surface area is 68.9 Å². The number of rotatable bonds is 5. The number of carbonyl (C=O) groups is 1. The minimum absolute atomic E-state index is 0.0718. The maximum atomic E-state index is 11.0. The molecule has 0 bridgehead atoms. The molecule has 0 aliphatic carbocycles. The Hall–Kier alpha value is -0.530. The quantitative estimate of drug-likeness (QED) is 0.572. The maximum absolute atomic E-state index is 11.0. The molecule has 0 aliphatic heterocycles. The van der Waals surface area contributed by atoms with E-state index < -0.39 is 0 Å². The topological polar surface area (TPSA) is 26.3 Å². The van der Waals surface area contributed by atoms with Gasteiger partial charge in [-0.2, -0.15) is 0 Å². The van der Waals surface area contributed by atoms with E-state index in [1.807, 2.05) is 0 Å². The van der Waals surface area contributed by atoms with Crippen LogP contribution in [-0.4, -0.2) is 13.1 Å². The van der Waals surface area contributed by atoms with Crippen molar-refractivity contribution < 1.29 is 9.53 Å². The molecule has 0 N–H and O–H groups in total. The molecule has 1 radical (unpaired) electrons. The molecule has 0 amide bonds. The Morgan fingerprint density at radius 2 is 2.18 bits per heavy atom. The van der Waals surface area contributed by atoms with Crippen LogP contribution in [0, 0.1) is 12.8 Å². The lowest BCUT2D eigenvalue weighted by atomic mass is 9.99. The summed E-state index contributed by atoms with van der Waals surface area (Å²) in [5, 5.41) is 0. The lowest BCUT2D eigenvalue weighted by Crippen LogP contribution is -2.15. The highest BCUT2D eigenvalue weighted by Gasteiger charge is 2.15. The lowest BCUT2D eigenvalue weighted by molar-refractivity contribution is -0.145. The van der Waals surface area contributed by atoms with Gasteiger partial charge in [0.2, 0.25) is 0 Å². The van der Waals surface area contributed by atoms with Crippen molar-refractivity contribution >= 4 is 5.97 Å². The highest BCUT2D eigenvalue weighted by molar-refractivity contribution is 5.72. The number of carbonyl (C=O) groups excluding carboxylic acids is 1. The molecule has 0 rings (SSSR count). The molecule has 0 spiro atoms. The van der Waals surface area contributed by atoms with Crippen molar-refractivity contribution in [1.82, 2.24) is 0 Å². The molecule has 0 heterocycles. The molecular formula is C9H17O2. The van der Waals surface area contributed by atoms with E-state index in [2.05, 4.69) is 18.6 Å². The van der Waals surface area contributed by atoms with Gasteiger partial charge in [0, 0.05) is 0 Å². The van der Waals surface area contributed by atoms with Gasteiger partial charge in [-0.05, 0) is 12.8 Å². The first-order valence-electron chi connectivity index (χ1n) is 4.13. The van der Waals surface area contributed by atoms with E-state index in [4.69, 9.17) is 0 Å². The van der Waals surface area contributed by atoms with Crippen LogP contribution in [0.25, 0.3) is 0 Å². The SMILES string of the molecule is [CH2]CCC(CCC)C(=O)OC. The Morgan fingerprint density at radius 1 is 1.55 bits per heavy atom. The first-order valence-corrected chi connectivity index (χ1v) is 4.13. The van der Waals surface area contributed by atoms with Crippen LogP contribution in [0.1, 0.15) is 32.6 Å². The first kappa shape index (κ1) is 10.5. The van der Waals surface area contributed by atoms with Gasteiger partial charge in [0.1, 0.15) is 0 Å². The minimum atomic E-state index is -0.0875. The maximum Gasteiger partial charge on any atom is 0.308 e. The van der Waals surface area contributed by atoms with Crippen LogP contribution in [0.5, 0.6) is 0 Å². The van der Waals surface area contributed by atoms with Crippen molar-refractivity contribution in [3.05, 3.63) is 6.92 Å². The molecule has 11 heavy (non-hydrogen) atoms. The number of methoxy groups -OCH3 is 1. The zero-order valence-electron chi connectivity index (χ0n) is 7.43.